The maximum absolute atomic E-state index is 13.2. The van der Waals surface area contributed by atoms with E-state index in [9.17, 15) is 9.59 Å². The number of nitrogens with zero attached hydrogens (tertiary/aromatic N) is 1. The number of carbonyl (C=O) groups excluding carboxylic acids is 2. The lowest BCUT2D eigenvalue weighted by Crippen LogP contribution is -2.45. The summed E-state index contributed by atoms with van der Waals surface area (Å²) in [6.45, 7) is 2.70. The zero-order valence-corrected chi connectivity index (χ0v) is 17.4. The van der Waals surface area contributed by atoms with Gasteiger partial charge in [0.25, 0.3) is 5.91 Å². The van der Waals surface area contributed by atoms with Crippen molar-refractivity contribution in [2.75, 3.05) is 27.8 Å². The Bertz CT molecular complexity index is 896. The number of likely N-dealkylation sites (N-methyl/N-ethyl adjacent to an activating group) is 1. The first kappa shape index (κ1) is 20.7. The van der Waals surface area contributed by atoms with Crippen LogP contribution < -0.4 is 14.8 Å². The van der Waals surface area contributed by atoms with Crippen LogP contribution in [-0.4, -0.2) is 44.5 Å². The van der Waals surface area contributed by atoms with Crippen molar-refractivity contribution in [3.8, 4) is 11.5 Å². The van der Waals surface area contributed by atoms with Crippen molar-refractivity contribution in [2.45, 2.75) is 31.7 Å². The summed E-state index contributed by atoms with van der Waals surface area (Å²) in [6.07, 6.45) is 1.91. The molecule has 0 radical (unpaired) electrons. The molecule has 1 aliphatic rings. The number of fused-ring (bicyclic) bond motifs is 1. The van der Waals surface area contributed by atoms with Crippen LogP contribution in [0, 0.1) is 0 Å². The fourth-order valence-electron chi connectivity index (χ4n) is 3.91. The molecular weight excluding hydrogens is 368 g/mol. The molecule has 2 aromatic carbocycles. The largest absolute Gasteiger partial charge is 0.493 e. The predicted octanol–water partition coefficient (Wildman–Crippen LogP) is 3.53. The smallest absolute Gasteiger partial charge is 0.254 e. The number of ether oxygens (including phenoxy) is 2. The Balaban J connectivity index is 2.09. The molecule has 29 heavy (non-hydrogen) atoms. The minimum atomic E-state index is -0.510. The van der Waals surface area contributed by atoms with Crippen LogP contribution in [0.5, 0.6) is 11.5 Å². The summed E-state index contributed by atoms with van der Waals surface area (Å²) in [5, 5.41) is 3.05. The van der Waals surface area contributed by atoms with Crippen LogP contribution in [-0.2, 0) is 4.79 Å². The van der Waals surface area contributed by atoms with Gasteiger partial charge < -0.3 is 19.7 Å². The van der Waals surface area contributed by atoms with E-state index in [1.54, 1.807) is 38.3 Å². The molecule has 0 aliphatic carbocycles. The van der Waals surface area contributed by atoms with E-state index in [0.29, 0.717) is 23.6 Å². The highest BCUT2D eigenvalue weighted by Gasteiger charge is 2.42. The molecule has 0 spiro atoms. The van der Waals surface area contributed by atoms with Crippen molar-refractivity contribution >= 4 is 11.8 Å². The Morgan fingerprint density at radius 3 is 2.52 bits per heavy atom. The average molecular weight is 396 g/mol. The van der Waals surface area contributed by atoms with Gasteiger partial charge in [0.2, 0.25) is 5.91 Å². The molecule has 2 amide bonds. The van der Waals surface area contributed by atoms with Gasteiger partial charge in [-0.25, -0.2) is 0 Å². The maximum atomic E-state index is 13.2. The highest BCUT2D eigenvalue weighted by atomic mass is 16.5. The SMILES string of the molecule is CCCCNC(=O)C1c2ccccc2C(=O)N(C)C1c1ccc(OC)c(OC)c1. The molecule has 1 aliphatic heterocycles. The first-order valence-electron chi connectivity index (χ1n) is 9.89. The standard InChI is InChI=1S/C23H28N2O4/c1-5-6-13-24-22(26)20-16-9-7-8-10-17(16)23(27)25(2)21(20)15-11-12-18(28-3)19(14-15)29-4/h7-12,14,20-21H,5-6,13H2,1-4H3,(H,24,26). The maximum Gasteiger partial charge on any atom is 0.254 e. The van der Waals surface area contributed by atoms with Gasteiger partial charge in [-0.3, -0.25) is 9.59 Å². The Labute approximate surface area is 171 Å². The van der Waals surface area contributed by atoms with Gasteiger partial charge >= 0.3 is 0 Å². The zero-order chi connectivity index (χ0) is 21.0. The molecule has 2 unspecified atom stereocenters. The van der Waals surface area contributed by atoms with Crippen molar-refractivity contribution in [2.24, 2.45) is 0 Å². The van der Waals surface area contributed by atoms with Crippen molar-refractivity contribution in [3.05, 3.63) is 59.2 Å². The number of methoxy groups -OCH3 is 2. The number of amides is 2. The second-order valence-corrected chi connectivity index (χ2v) is 7.18. The van der Waals surface area contributed by atoms with Gasteiger partial charge in [-0.2, -0.15) is 0 Å². The fourth-order valence-corrected chi connectivity index (χ4v) is 3.91. The van der Waals surface area contributed by atoms with Crippen molar-refractivity contribution in [1.29, 1.82) is 0 Å². The van der Waals surface area contributed by atoms with E-state index in [2.05, 4.69) is 12.2 Å². The van der Waals surface area contributed by atoms with E-state index in [1.807, 2.05) is 30.3 Å². The van der Waals surface area contributed by atoms with Gasteiger partial charge in [-0.15, -0.1) is 0 Å². The Morgan fingerprint density at radius 2 is 1.83 bits per heavy atom. The topological polar surface area (TPSA) is 67.9 Å². The third kappa shape index (κ3) is 3.92. The monoisotopic (exact) mass is 396 g/mol. The van der Waals surface area contributed by atoms with E-state index in [4.69, 9.17) is 9.47 Å². The molecule has 154 valence electrons. The van der Waals surface area contributed by atoms with Gasteiger partial charge in [0, 0.05) is 19.2 Å². The summed E-state index contributed by atoms with van der Waals surface area (Å²) < 4.78 is 10.8. The van der Waals surface area contributed by atoms with Gasteiger partial charge in [0.05, 0.1) is 26.2 Å². The summed E-state index contributed by atoms with van der Waals surface area (Å²) in [4.78, 5) is 27.9. The van der Waals surface area contributed by atoms with Crippen molar-refractivity contribution in [3.63, 3.8) is 0 Å². The van der Waals surface area contributed by atoms with Crippen LogP contribution in [0.1, 0.15) is 53.2 Å². The lowest BCUT2D eigenvalue weighted by Gasteiger charge is -2.40. The minimum Gasteiger partial charge on any atom is -0.493 e. The van der Waals surface area contributed by atoms with Crippen LogP contribution in [0.4, 0.5) is 0 Å². The van der Waals surface area contributed by atoms with E-state index in [1.165, 1.54) is 0 Å². The summed E-state index contributed by atoms with van der Waals surface area (Å²) in [5.74, 6) is 0.479. The predicted molar refractivity (Wildman–Crippen MR) is 111 cm³/mol. The molecule has 0 fully saturated rings. The zero-order valence-electron chi connectivity index (χ0n) is 17.4. The van der Waals surface area contributed by atoms with Gasteiger partial charge in [0.1, 0.15) is 0 Å². The Kier molecular flexibility index (Phi) is 6.42. The fraction of sp³-hybridized carbons (Fsp3) is 0.391. The van der Waals surface area contributed by atoms with Crippen LogP contribution >= 0.6 is 0 Å². The molecule has 0 aromatic heterocycles. The molecule has 2 atom stereocenters. The molecule has 2 aromatic rings. The first-order chi connectivity index (χ1) is 14.0. The second kappa shape index (κ2) is 8.99. The van der Waals surface area contributed by atoms with Gasteiger partial charge in [-0.1, -0.05) is 37.6 Å². The van der Waals surface area contributed by atoms with E-state index >= 15 is 0 Å². The molecule has 6 nitrogen and oxygen atoms in total. The van der Waals surface area contributed by atoms with E-state index in [-0.39, 0.29) is 11.8 Å². The number of hydrogen-bond acceptors (Lipinski definition) is 4. The van der Waals surface area contributed by atoms with Crippen LogP contribution in [0.25, 0.3) is 0 Å². The number of hydrogen-bond donors (Lipinski definition) is 1. The van der Waals surface area contributed by atoms with Gasteiger partial charge in [-0.05, 0) is 35.7 Å². The Morgan fingerprint density at radius 1 is 1.10 bits per heavy atom. The van der Waals surface area contributed by atoms with Crippen molar-refractivity contribution in [1.82, 2.24) is 10.2 Å². The van der Waals surface area contributed by atoms with Crippen LogP contribution in [0.2, 0.25) is 0 Å². The summed E-state index contributed by atoms with van der Waals surface area (Å²) >= 11 is 0. The van der Waals surface area contributed by atoms with Crippen LogP contribution in [0.3, 0.4) is 0 Å². The molecule has 3 rings (SSSR count). The lowest BCUT2D eigenvalue weighted by molar-refractivity contribution is -0.124. The van der Waals surface area contributed by atoms with E-state index in [0.717, 1.165) is 24.0 Å². The molecule has 0 bridgehead atoms. The number of benzene rings is 2. The van der Waals surface area contributed by atoms with Gasteiger partial charge in [0.15, 0.2) is 11.5 Å². The summed E-state index contributed by atoms with van der Waals surface area (Å²) in [7, 11) is 4.89. The normalized spacial score (nSPS) is 18.2. The van der Waals surface area contributed by atoms with Crippen molar-refractivity contribution < 1.29 is 19.1 Å². The molecular formula is C23H28N2O4. The molecule has 1 heterocycles. The summed E-state index contributed by atoms with van der Waals surface area (Å²) in [6, 6.07) is 12.4. The first-order valence-corrected chi connectivity index (χ1v) is 9.89. The number of rotatable bonds is 7. The average Bonchev–Trinajstić information content (AvgIpc) is 2.75. The lowest BCUT2D eigenvalue weighted by atomic mass is 9.79. The highest BCUT2D eigenvalue weighted by Crippen LogP contribution is 2.43. The molecule has 0 saturated heterocycles. The Hall–Kier alpha value is -3.02. The minimum absolute atomic E-state index is 0.0787. The number of nitrogens with one attached hydrogen (secondary N) is 1. The molecule has 6 heteroatoms. The molecule has 0 saturated carbocycles. The number of carbonyl (C=O) groups is 2. The third-order valence-corrected chi connectivity index (χ3v) is 5.44. The molecule has 1 N–H and O–H groups in total. The quantitative estimate of drug-likeness (QED) is 0.727. The highest BCUT2D eigenvalue weighted by molar-refractivity contribution is 6.01. The second-order valence-electron chi connectivity index (χ2n) is 7.18. The third-order valence-electron chi connectivity index (χ3n) is 5.44. The van der Waals surface area contributed by atoms with E-state index < -0.39 is 12.0 Å². The van der Waals surface area contributed by atoms with Crippen LogP contribution in [0.15, 0.2) is 42.5 Å². The summed E-state index contributed by atoms with van der Waals surface area (Å²) in [5.41, 5.74) is 2.15. The number of unbranched alkanes of at least 4 members (excludes halogenated alkanes) is 1.